The van der Waals surface area contributed by atoms with E-state index in [0.717, 1.165) is 18.5 Å². The minimum absolute atomic E-state index is 0.101. The van der Waals surface area contributed by atoms with Crippen LogP contribution in [0.3, 0.4) is 0 Å². The monoisotopic (exact) mass is 477 g/mol. The summed E-state index contributed by atoms with van der Waals surface area (Å²) in [5.74, 6) is 0.826. The van der Waals surface area contributed by atoms with E-state index in [9.17, 15) is 9.18 Å². The highest BCUT2D eigenvalue weighted by atomic mass is 19.1. The summed E-state index contributed by atoms with van der Waals surface area (Å²) in [6.07, 6.45) is 1.44. The van der Waals surface area contributed by atoms with E-state index in [2.05, 4.69) is 20.7 Å². The van der Waals surface area contributed by atoms with E-state index in [-0.39, 0.29) is 23.4 Å². The molecule has 1 saturated heterocycles. The van der Waals surface area contributed by atoms with Gasteiger partial charge < -0.3 is 23.9 Å². The van der Waals surface area contributed by atoms with Crippen molar-refractivity contribution in [3.05, 3.63) is 54.0 Å². The molecule has 0 unspecified atom stereocenters. The fraction of sp³-hybridized carbons (Fsp3) is 0.280. The average molecular weight is 477 g/mol. The third-order valence-electron chi connectivity index (χ3n) is 5.94. The number of ether oxygens (including phenoxy) is 1. The molecule has 0 saturated carbocycles. The molecular weight excluding hydrogens is 453 g/mol. The number of carbonyl (C=O) groups is 1. The van der Waals surface area contributed by atoms with Crippen LogP contribution in [0.1, 0.15) is 18.6 Å². The highest BCUT2D eigenvalue weighted by Crippen LogP contribution is 2.38. The van der Waals surface area contributed by atoms with E-state index in [0.29, 0.717) is 47.8 Å². The first-order valence-electron chi connectivity index (χ1n) is 11.3. The van der Waals surface area contributed by atoms with Crippen molar-refractivity contribution in [3.8, 4) is 39.9 Å². The number of likely N-dealkylation sites (tertiary alicyclic amines) is 1. The highest BCUT2D eigenvalue weighted by molar-refractivity contribution is 5.79. The Labute approximate surface area is 200 Å². The lowest BCUT2D eigenvalue weighted by atomic mass is 10.1. The van der Waals surface area contributed by atoms with Crippen molar-refractivity contribution >= 4 is 11.6 Å². The van der Waals surface area contributed by atoms with Crippen LogP contribution in [0.4, 0.5) is 10.1 Å². The first-order valence-corrected chi connectivity index (χ1v) is 11.3. The Morgan fingerprint density at radius 2 is 1.97 bits per heavy atom. The van der Waals surface area contributed by atoms with Gasteiger partial charge in [0.05, 0.1) is 18.4 Å². The van der Waals surface area contributed by atoms with E-state index in [1.165, 1.54) is 13.2 Å². The molecule has 10 heteroatoms. The number of halogens is 1. The number of aromatic nitrogens is 3. The number of methoxy groups -OCH3 is 1. The maximum absolute atomic E-state index is 14.9. The molecule has 0 bridgehead atoms. The predicted octanol–water partition coefficient (Wildman–Crippen LogP) is 4.55. The Morgan fingerprint density at radius 1 is 1.17 bits per heavy atom. The van der Waals surface area contributed by atoms with Gasteiger partial charge in [-0.25, -0.2) is 4.39 Å². The van der Waals surface area contributed by atoms with E-state index in [1.54, 1.807) is 17.9 Å². The van der Waals surface area contributed by atoms with Gasteiger partial charge >= 0.3 is 0 Å². The van der Waals surface area contributed by atoms with Crippen LogP contribution in [0.15, 0.2) is 51.4 Å². The van der Waals surface area contributed by atoms with Gasteiger partial charge in [-0.05, 0) is 19.4 Å². The van der Waals surface area contributed by atoms with Crippen molar-refractivity contribution in [3.63, 3.8) is 0 Å². The molecule has 2 aromatic carbocycles. The lowest BCUT2D eigenvalue weighted by molar-refractivity contribution is -0.127. The number of nitrogens with zero attached hydrogens (tertiary/aromatic N) is 4. The van der Waals surface area contributed by atoms with Gasteiger partial charge in [0.1, 0.15) is 28.6 Å². The molecule has 0 radical (unpaired) electrons. The van der Waals surface area contributed by atoms with Crippen molar-refractivity contribution in [2.45, 2.75) is 19.8 Å². The van der Waals surface area contributed by atoms with Crippen LogP contribution in [0.5, 0.6) is 5.75 Å². The van der Waals surface area contributed by atoms with E-state index < -0.39 is 5.82 Å². The first-order chi connectivity index (χ1) is 17.0. The van der Waals surface area contributed by atoms with Crippen LogP contribution in [-0.2, 0) is 4.79 Å². The third kappa shape index (κ3) is 4.46. The highest BCUT2D eigenvalue weighted by Gasteiger charge is 2.24. The molecule has 0 aliphatic carbocycles. The second-order valence-electron chi connectivity index (χ2n) is 8.18. The Balaban J connectivity index is 1.40. The summed E-state index contributed by atoms with van der Waals surface area (Å²) in [6, 6.07) is 12.3. The van der Waals surface area contributed by atoms with Crippen molar-refractivity contribution in [2.75, 3.05) is 32.1 Å². The van der Waals surface area contributed by atoms with E-state index in [1.807, 2.05) is 30.3 Å². The van der Waals surface area contributed by atoms with Gasteiger partial charge in [0.15, 0.2) is 0 Å². The van der Waals surface area contributed by atoms with Crippen LogP contribution in [0, 0.1) is 12.7 Å². The van der Waals surface area contributed by atoms with Crippen LogP contribution in [0.25, 0.3) is 34.2 Å². The number of anilines is 1. The third-order valence-corrected chi connectivity index (χ3v) is 5.94. The van der Waals surface area contributed by atoms with E-state index in [4.69, 9.17) is 13.7 Å². The molecule has 180 valence electrons. The van der Waals surface area contributed by atoms with Gasteiger partial charge in [0.2, 0.25) is 5.91 Å². The lowest BCUT2D eigenvalue weighted by Crippen LogP contribution is -2.30. The second kappa shape index (κ2) is 9.57. The zero-order valence-electron chi connectivity index (χ0n) is 19.4. The molecule has 1 aliphatic heterocycles. The number of hydrogen-bond acceptors (Lipinski definition) is 8. The van der Waals surface area contributed by atoms with Crippen molar-refractivity contribution in [2.24, 2.45) is 0 Å². The minimum atomic E-state index is -0.501. The summed E-state index contributed by atoms with van der Waals surface area (Å²) >= 11 is 0. The molecule has 4 aromatic rings. The fourth-order valence-electron chi connectivity index (χ4n) is 4.14. The SMILES string of the molecule is COc1cc(NCCN2CCCC2=O)c(F)cc1-c1nnc(-c2c(-c3ccccc3)noc2C)o1. The predicted molar refractivity (Wildman–Crippen MR) is 126 cm³/mol. The number of rotatable bonds is 8. The Bertz CT molecular complexity index is 1350. The van der Waals surface area contributed by atoms with Gasteiger partial charge in [0, 0.05) is 37.7 Å². The standard InChI is InChI=1S/C25H24FN5O4/c1-15-22(23(30-35-15)16-7-4-3-5-8-16)25-29-28-24(34-25)17-13-18(26)19(14-20(17)33-2)27-10-12-31-11-6-9-21(31)32/h3-5,7-8,13-14,27H,6,9-12H2,1-2H3. The summed E-state index contributed by atoms with van der Waals surface area (Å²) in [5.41, 5.74) is 2.57. The maximum Gasteiger partial charge on any atom is 0.254 e. The lowest BCUT2D eigenvalue weighted by Gasteiger charge is -2.17. The topological polar surface area (TPSA) is 107 Å². The van der Waals surface area contributed by atoms with Gasteiger partial charge in [-0.15, -0.1) is 10.2 Å². The Hall–Kier alpha value is -4.21. The normalized spacial score (nSPS) is 13.5. The molecule has 5 rings (SSSR count). The zero-order valence-corrected chi connectivity index (χ0v) is 19.4. The summed E-state index contributed by atoms with van der Waals surface area (Å²) in [4.78, 5) is 13.5. The Morgan fingerprint density at radius 3 is 2.71 bits per heavy atom. The molecular formula is C25H24FN5O4. The molecule has 1 amide bonds. The number of carbonyl (C=O) groups excluding carboxylic acids is 1. The molecule has 0 atom stereocenters. The van der Waals surface area contributed by atoms with Gasteiger partial charge in [0.25, 0.3) is 11.8 Å². The van der Waals surface area contributed by atoms with Crippen molar-refractivity contribution in [1.29, 1.82) is 0 Å². The quantitative estimate of drug-likeness (QED) is 0.394. The summed E-state index contributed by atoms with van der Waals surface area (Å²) in [7, 11) is 1.48. The zero-order chi connectivity index (χ0) is 24.4. The van der Waals surface area contributed by atoms with E-state index >= 15 is 0 Å². The largest absolute Gasteiger partial charge is 0.496 e. The number of benzene rings is 2. The first kappa shape index (κ1) is 22.6. The smallest absolute Gasteiger partial charge is 0.254 e. The van der Waals surface area contributed by atoms with Gasteiger partial charge in [-0.3, -0.25) is 4.79 Å². The van der Waals surface area contributed by atoms with Crippen LogP contribution in [-0.4, -0.2) is 52.9 Å². The molecule has 3 heterocycles. The second-order valence-corrected chi connectivity index (χ2v) is 8.18. The number of hydrogen-bond donors (Lipinski definition) is 1. The van der Waals surface area contributed by atoms with Gasteiger partial charge in [-0.2, -0.15) is 0 Å². The molecule has 1 fully saturated rings. The molecule has 2 aromatic heterocycles. The summed E-state index contributed by atoms with van der Waals surface area (Å²) < 4.78 is 31.7. The minimum Gasteiger partial charge on any atom is -0.496 e. The fourth-order valence-corrected chi connectivity index (χ4v) is 4.14. The molecule has 1 aliphatic rings. The van der Waals surface area contributed by atoms with Gasteiger partial charge in [-0.1, -0.05) is 35.5 Å². The van der Waals surface area contributed by atoms with Crippen LogP contribution >= 0.6 is 0 Å². The molecule has 9 nitrogen and oxygen atoms in total. The number of nitrogens with one attached hydrogen (secondary N) is 1. The maximum atomic E-state index is 14.9. The average Bonchev–Trinajstić information content (AvgIpc) is 3.60. The molecule has 35 heavy (non-hydrogen) atoms. The Kier molecular flexibility index (Phi) is 6.17. The molecule has 0 spiro atoms. The number of amides is 1. The van der Waals surface area contributed by atoms with Crippen molar-refractivity contribution in [1.82, 2.24) is 20.3 Å². The van der Waals surface area contributed by atoms with Crippen LogP contribution < -0.4 is 10.1 Å². The molecule has 1 N–H and O–H groups in total. The number of aryl methyl sites for hydroxylation is 1. The summed E-state index contributed by atoms with van der Waals surface area (Å²) in [6.45, 7) is 3.43. The summed E-state index contributed by atoms with van der Waals surface area (Å²) in [5, 5.41) is 15.5. The van der Waals surface area contributed by atoms with Crippen molar-refractivity contribution < 1.29 is 22.9 Å². The van der Waals surface area contributed by atoms with Crippen LogP contribution in [0.2, 0.25) is 0 Å².